The fraction of sp³-hybridized carbons (Fsp3) is 0.111. The average Bonchev–Trinajstić information content (AvgIpc) is 2.03. The monoisotopic (exact) mass is 198 g/mol. The van der Waals surface area contributed by atoms with Gasteiger partial charge in [0.2, 0.25) is 0 Å². The largest absolute Gasteiger partial charge is 0.508 e. The molecule has 0 aromatic heterocycles. The van der Waals surface area contributed by atoms with Crippen LogP contribution in [0.4, 0.5) is 0 Å². The van der Waals surface area contributed by atoms with Crippen LogP contribution >= 0.6 is 0 Å². The van der Waals surface area contributed by atoms with Gasteiger partial charge < -0.3 is 5.11 Å². The first-order valence-corrected chi connectivity index (χ1v) is 5.49. The number of sulfone groups is 1. The molecule has 0 aliphatic carbocycles. The Morgan fingerprint density at radius 3 is 2.54 bits per heavy atom. The summed E-state index contributed by atoms with van der Waals surface area (Å²) in [5.74, 6) is -0.134. The zero-order valence-electron chi connectivity index (χ0n) is 7.19. The van der Waals surface area contributed by atoms with Crippen molar-refractivity contribution in [1.29, 1.82) is 0 Å². The van der Waals surface area contributed by atoms with Crippen molar-refractivity contribution in [3.8, 4) is 0 Å². The summed E-state index contributed by atoms with van der Waals surface area (Å²) in [4.78, 5) is 0.181. The van der Waals surface area contributed by atoms with Crippen LogP contribution in [0.25, 0.3) is 5.76 Å². The van der Waals surface area contributed by atoms with Gasteiger partial charge in [0, 0.05) is 11.8 Å². The maximum Gasteiger partial charge on any atom is 0.175 e. The fourth-order valence-corrected chi connectivity index (χ4v) is 1.57. The fourth-order valence-electron chi connectivity index (χ4n) is 0.906. The van der Waals surface area contributed by atoms with Crippen LogP contribution in [-0.4, -0.2) is 19.8 Å². The second-order valence-electron chi connectivity index (χ2n) is 2.75. The first kappa shape index (κ1) is 9.80. The van der Waals surface area contributed by atoms with E-state index in [0.29, 0.717) is 5.56 Å². The third-order valence-electron chi connectivity index (χ3n) is 1.60. The second kappa shape index (κ2) is 3.22. The molecule has 13 heavy (non-hydrogen) atoms. The Labute approximate surface area is 77.3 Å². The number of aliphatic hydroxyl groups is 1. The Hall–Kier alpha value is -1.29. The summed E-state index contributed by atoms with van der Waals surface area (Å²) >= 11 is 0. The van der Waals surface area contributed by atoms with Crippen molar-refractivity contribution in [3.05, 3.63) is 36.4 Å². The van der Waals surface area contributed by atoms with Crippen molar-refractivity contribution in [1.82, 2.24) is 0 Å². The van der Waals surface area contributed by atoms with Crippen LogP contribution in [0.1, 0.15) is 5.56 Å². The van der Waals surface area contributed by atoms with E-state index in [2.05, 4.69) is 6.58 Å². The standard InChI is InChI=1S/C9H10O3S/c1-7(10)8-4-3-5-9(6-8)13(2,11)12/h3-6,10H,1H2,2H3. The van der Waals surface area contributed by atoms with E-state index in [0.717, 1.165) is 6.26 Å². The van der Waals surface area contributed by atoms with Gasteiger partial charge >= 0.3 is 0 Å². The number of rotatable bonds is 2. The van der Waals surface area contributed by atoms with Crippen molar-refractivity contribution in [2.24, 2.45) is 0 Å². The number of hydrogen-bond donors (Lipinski definition) is 1. The minimum Gasteiger partial charge on any atom is -0.508 e. The lowest BCUT2D eigenvalue weighted by atomic mass is 10.2. The molecule has 1 rings (SSSR count). The molecule has 0 saturated carbocycles. The van der Waals surface area contributed by atoms with Crippen LogP contribution in [0.15, 0.2) is 35.7 Å². The van der Waals surface area contributed by atoms with Crippen LogP contribution in [0.5, 0.6) is 0 Å². The van der Waals surface area contributed by atoms with Gasteiger partial charge in [-0.3, -0.25) is 0 Å². The lowest BCUT2D eigenvalue weighted by Crippen LogP contribution is -1.97. The minimum absolute atomic E-state index is 0.134. The van der Waals surface area contributed by atoms with E-state index in [1.807, 2.05) is 0 Å². The van der Waals surface area contributed by atoms with Crippen LogP contribution in [0, 0.1) is 0 Å². The first-order valence-electron chi connectivity index (χ1n) is 3.59. The van der Waals surface area contributed by atoms with Gasteiger partial charge in [-0.2, -0.15) is 0 Å². The summed E-state index contributed by atoms with van der Waals surface area (Å²) in [5.41, 5.74) is 0.419. The zero-order valence-corrected chi connectivity index (χ0v) is 8.00. The third kappa shape index (κ3) is 2.32. The number of aliphatic hydroxyl groups excluding tert-OH is 1. The molecule has 0 radical (unpaired) electrons. The van der Waals surface area contributed by atoms with Crippen LogP contribution < -0.4 is 0 Å². The second-order valence-corrected chi connectivity index (χ2v) is 4.76. The van der Waals surface area contributed by atoms with E-state index in [1.54, 1.807) is 12.1 Å². The highest BCUT2D eigenvalue weighted by atomic mass is 32.2. The summed E-state index contributed by atoms with van der Waals surface area (Å²) in [7, 11) is -3.21. The van der Waals surface area contributed by atoms with Crippen molar-refractivity contribution in [3.63, 3.8) is 0 Å². The highest BCUT2D eigenvalue weighted by Gasteiger charge is 2.07. The topological polar surface area (TPSA) is 54.4 Å². The molecular formula is C9H10O3S. The van der Waals surface area contributed by atoms with Crippen LogP contribution in [0.2, 0.25) is 0 Å². The van der Waals surface area contributed by atoms with Crippen molar-refractivity contribution in [2.45, 2.75) is 4.90 Å². The summed E-state index contributed by atoms with van der Waals surface area (Å²) in [6.45, 7) is 3.31. The average molecular weight is 198 g/mol. The Morgan fingerprint density at radius 1 is 1.46 bits per heavy atom. The van der Waals surface area contributed by atoms with Gasteiger partial charge in [0.05, 0.1) is 4.90 Å². The molecule has 1 aromatic carbocycles. The lowest BCUT2D eigenvalue weighted by Gasteiger charge is -2.01. The molecule has 0 fully saturated rings. The van der Waals surface area contributed by atoms with Gasteiger partial charge in [-0.1, -0.05) is 18.7 Å². The molecule has 0 atom stereocenters. The molecule has 0 unspecified atom stereocenters. The highest BCUT2D eigenvalue weighted by molar-refractivity contribution is 7.90. The van der Waals surface area contributed by atoms with E-state index in [1.165, 1.54) is 12.1 Å². The van der Waals surface area contributed by atoms with Gasteiger partial charge in [0.25, 0.3) is 0 Å². The van der Waals surface area contributed by atoms with Gasteiger partial charge in [-0.05, 0) is 12.1 Å². The Morgan fingerprint density at radius 2 is 2.08 bits per heavy atom. The van der Waals surface area contributed by atoms with E-state index in [-0.39, 0.29) is 10.7 Å². The van der Waals surface area contributed by atoms with Crippen LogP contribution in [-0.2, 0) is 9.84 Å². The quantitative estimate of drug-likeness (QED) is 0.735. The molecule has 0 bridgehead atoms. The Bertz CT molecular complexity index is 432. The molecule has 1 N–H and O–H groups in total. The van der Waals surface area contributed by atoms with E-state index in [9.17, 15) is 8.42 Å². The lowest BCUT2D eigenvalue weighted by molar-refractivity contribution is 0.513. The SMILES string of the molecule is C=C(O)c1cccc(S(C)(=O)=O)c1. The summed E-state index contributed by atoms with van der Waals surface area (Å²) in [5, 5.41) is 9.02. The van der Waals surface area contributed by atoms with Gasteiger partial charge in [-0.25, -0.2) is 8.42 Å². The molecule has 0 spiro atoms. The summed E-state index contributed by atoms with van der Waals surface area (Å²) < 4.78 is 22.2. The maximum absolute atomic E-state index is 11.1. The molecule has 1 aromatic rings. The molecule has 0 saturated heterocycles. The predicted octanol–water partition coefficient (Wildman–Crippen LogP) is 1.62. The van der Waals surface area contributed by atoms with E-state index >= 15 is 0 Å². The summed E-state index contributed by atoms with van der Waals surface area (Å²) in [6.07, 6.45) is 1.12. The number of hydrogen-bond acceptors (Lipinski definition) is 3. The van der Waals surface area contributed by atoms with Crippen molar-refractivity contribution in [2.75, 3.05) is 6.26 Å². The predicted molar refractivity (Wildman–Crippen MR) is 51.2 cm³/mol. The van der Waals surface area contributed by atoms with E-state index in [4.69, 9.17) is 5.11 Å². The maximum atomic E-state index is 11.1. The molecule has 70 valence electrons. The first-order chi connectivity index (χ1) is 5.91. The molecular weight excluding hydrogens is 188 g/mol. The minimum atomic E-state index is -3.21. The highest BCUT2D eigenvalue weighted by Crippen LogP contribution is 2.15. The molecule has 0 heterocycles. The Kier molecular flexibility index (Phi) is 2.43. The third-order valence-corrected chi connectivity index (χ3v) is 2.71. The summed E-state index contributed by atoms with van der Waals surface area (Å²) in [6, 6.07) is 6.02. The molecule has 3 nitrogen and oxygen atoms in total. The smallest absolute Gasteiger partial charge is 0.175 e. The van der Waals surface area contributed by atoms with Crippen molar-refractivity contribution < 1.29 is 13.5 Å². The van der Waals surface area contributed by atoms with Gasteiger partial charge in [-0.15, -0.1) is 0 Å². The molecule has 0 amide bonds. The molecule has 0 aliphatic rings. The van der Waals surface area contributed by atoms with Crippen molar-refractivity contribution >= 4 is 15.6 Å². The molecule has 0 aliphatic heterocycles. The normalized spacial score (nSPS) is 11.2. The van der Waals surface area contributed by atoms with Gasteiger partial charge in [0.1, 0.15) is 5.76 Å². The van der Waals surface area contributed by atoms with Gasteiger partial charge in [0.15, 0.2) is 9.84 Å². The van der Waals surface area contributed by atoms with E-state index < -0.39 is 9.84 Å². The molecule has 4 heteroatoms. The van der Waals surface area contributed by atoms with Crippen LogP contribution in [0.3, 0.4) is 0 Å². The Balaban J connectivity index is 3.29. The number of benzene rings is 1. The zero-order chi connectivity index (χ0) is 10.1.